The molecule has 3 aromatic carbocycles. The van der Waals surface area contributed by atoms with Crippen molar-refractivity contribution in [3.05, 3.63) is 220 Å². The number of aliphatic imine (C=N–C) groups is 1. The summed E-state index contributed by atoms with van der Waals surface area (Å²) in [5, 5.41) is 21.0. The molecule has 0 unspecified atom stereocenters. The summed E-state index contributed by atoms with van der Waals surface area (Å²) in [4.78, 5) is 52.2. The van der Waals surface area contributed by atoms with Crippen LogP contribution in [0.2, 0.25) is 0 Å². The molecule has 410 valence electrons. The van der Waals surface area contributed by atoms with Gasteiger partial charge in [0.25, 0.3) is 17.7 Å². The third-order valence-corrected chi connectivity index (χ3v) is 15.7. The van der Waals surface area contributed by atoms with Crippen LogP contribution < -0.4 is 16.0 Å². The first-order chi connectivity index (χ1) is 39.8. The number of nitrogens with one attached hydrogen (secondary N) is 3. The van der Waals surface area contributed by atoms with Gasteiger partial charge in [-0.3, -0.25) is 38.4 Å². The zero-order valence-corrected chi connectivity index (χ0v) is 46.2. The third-order valence-electron chi connectivity index (χ3n) is 12.4. The van der Waals surface area contributed by atoms with E-state index in [-0.39, 0.29) is 35.6 Å². The van der Waals surface area contributed by atoms with Crippen molar-refractivity contribution in [2.45, 2.75) is 12.8 Å². The van der Waals surface area contributed by atoms with Gasteiger partial charge < -0.3 is 16.0 Å². The smallest absolute Gasteiger partial charge is 0.266 e. The van der Waals surface area contributed by atoms with Crippen molar-refractivity contribution >= 4 is 69.3 Å². The Bertz CT molecular complexity index is 4130. The van der Waals surface area contributed by atoms with Crippen molar-refractivity contribution in [3.8, 4) is 65.5 Å². The van der Waals surface area contributed by atoms with Gasteiger partial charge in [-0.1, -0.05) is 91.0 Å². The fraction of sp³-hybridized carbons (Fsp3) is 0.0833. The molecule has 0 aliphatic carbocycles. The minimum atomic E-state index is -0.927. The molecule has 22 heteroatoms. The number of hydrogen-bond acceptors (Lipinski definition) is 12. The largest absolute Gasteiger partial charge is 0.319 e. The number of thiophene rings is 3. The number of anilines is 2. The second kappa shape index (κ2) is 25.1. The zero-order valence-electron chi connectivity index (χ0n) is 43.7. The van der Waals surface area contributed by atoms with Gasteiger partial charge in [-0.2, -0.15) is 15.3 Å². The van der Waals surface area contributed by atoms with Gasteiger partial charge in [0.1, 0.15) is 11.5 Å². The number of carbonyl (C=O) groups is 3. The van der Waals surface area contributed by atoms with Crippen molar-refractivity contribution in [1.82, 2.24) is 44.6 Å². The van der Waals surface area contributed by atoms with Crippen LogP contribution in [0.3, 0.4) is 0 Å². The van der Waals surface area contributed by atoms with Crippen LogP contribution in [0.25, 0.3) is 65.5 Å². The van der Waals surface area contributed by atoms with Crippen molar-refractivity contribution in [2.75, 3.05) is 10.6 Å². The molecular formula is C60H46F4N12O3S3. The van der Waals surface area contributed by atoms with E-state index in [2.05, 4.69) is 46.2 Å². The highest BCUT2D eigenvalue weighted by atomic mass is 32.1. The summed E-state index contributed by atoms with van der Waals surface area (Å²) in [6.45, 7) is 0. The first-order valence-electron chi connectivity index (χ1n) is 25.1. The maximum Gasteiger partial charge on any atom is 0.266 e. The minimum absolute atomic E-state index is 0.00750. The van der Waals surface area contributed by atoms with Gasteiger partial charge >= 0.3 is 0 Å². The van der Waals surface area contributed by atoms with E-state index in [4.69, 9.17) is 0 Å². The normalized spacial score (nSPS) is 11.8. The Morgan fingerprint density at radius 3 is 1.29 bits per heavy atom. The molecule has 8 aromatic heterocycles. The highest BCUT2D eigenvalue weighted by molar-refractivity contribution is 7.18. The summed E-state index contributed by atoms with van der Waals surface area (Å²) in [6, 6.07) is 47.5. The molecule has 3 N–H and O–H groups in total. The molecule has 1 aliphatic rings. The number of halogens is 4. The van der Waals surface area contributed by atoms with Gasteiger partial charge in [0.2, 0.25) is 0 Å². The molecule has 0 bridgehead atoms. The Morgan fingerprint density at radius 1 is 0.476 bits per heavy atom. The van der Waals surface area contributed by atoms with E-state index in [9.17, 15) is 31.9 Å². The van der Waals surface area contributed by atoms with E-state index < -0.39 is 29.0 Å². The van der Waals surface area contributed by atoms with Crippen molar-refractivity contribution in [3.63, 3.8) is 0 Å². The number of hydrogen-bond donors (Lipinski definition) is 3. The molecule has 0 saturated heterocycles. The maximum absolute atomic E-state index is 13.8. The Morgan fingerprint density at radius 2 is 0.878 bits per heavy atom. The van der Waals surface area contributed by atoms with Crippen LogP contribution >= 0.6 is 34.0 Å². The van der Waals surface area contributed by atoms with Crippen LogP contribution in [0.15, 0.2) is 193 Å². The summed E-state index contributed by atoms with van der Waals surface area (Å²) in [7, 11) is 5.56. The SMILES string of the molecule is Cn1nc(-c2ccccc2)cc1-c1ccc(C(=O)NC2=C(F)CCC=N2)s1.Cn1nc(-c2ccccc2)cc1-c1ccc(C(=O)Nc2c(F)cncc2F)s1.Cn1nc(-c2ccccc2)cc1-c1ccc(C(=O)Nc2ccncc2F)s1. The van der Waals surface area contributed by atoms with Gasteiger partial charge in [0.05, 0.1) is 87.7 Å². The fourth-order valence-electron chi connectivity index (χ4n) is 8.31. The number of rotatable bonds is 12. The number of benzene rings is 3. The van der Waals surface area contributed by atoms with Gasteiger partial charge in [-0.15, -0.1) is 34.0 Å². The van der Waals surface area contributed by atoms with Crippen LogP contribution in [-0.4, -0.2) is 63.2 Å². The molecule has 12 rings (SSSR count). The predicted molar refractivity (Wildman–Crippen MR) is 313 cm³/mol. The molecule has 82 heavy (non-hydrogen) atoms. The van der Waals surface area contributed by atoms with Crippen LogP contribution in [0.4, 0.5) is 28.9 Å². The van der Waals surface area contributed by atoms with Crippen LogP contribution in [0.1, 0.15) is 41.9 Å². The molecule has 0 radical (unpaired) electrons. The number of aryl methyl sites for hydroxylation is 3. The molecule has 15 nitrogen and oxygen atoms in total. The molecular weight excluding hydrogens is 1110 g/mol. The van der Waals surface area contributed by atoms with Crippen LogP contribution in [0.5, 0.6) is 0 Å². The Labute approximate surface area is 478 Å². The molecule has 0 saturated carbocycles. The number of pyridine rings is 2. The standard InChI is InChI=1S/C20H14F2N4OS.C20H17FN4OS.C20H15FN4OS/c1-26-16(9-15(25-26)12-5-3-2-4-6-12)17-7-8-18(28-17)20(27)24-19-13(21)10-23-11-14(19)22;1-25-16(12-15(24-25)13-6-3-2-4-7-13)17-9-10-18(27-17)20(26)23-19-14(21)8-5-11-22-19;1-25-17(11-16(24-25)13-5-3-2-4-6-13)18-7-8-19(27-18)20(26)23-15-9-10-22-12-14(15)21/h2-11H,1H3,(H,23,24,27);2-4,6-7,9-12H,5,8H2,1H3,(H,23,26);2-12H,1H3,(H,22,23,26). The number of amides is 3. The van der Waals surface area contributed by atoms with Crippen LogP contribution in [-0.2, 0) is 21.1 Å². The average Bonchev–Trinajstić information content (AvgIpc) is 4.47. The van der Waals surface area contributed by atoms with Crippen molar-refractivity contribution in [1.29, 1.82) is 0 Å². The summed E-state index contributed by atoms with van der Waals surface area (Å²) in [5.41, 5.74) is 7.87. The lowest BCUT2D eigenvalue weighted by atomic mass is 10.1. The Balaban J connectivity index is 0.000000138. The number of carbonyl (C=O) groups excluding carboxylic acids is 3. The molecule has 9 heterocycles. The second-order valence-electron chi connectivity index (χ2n) is 18.0. The van der Waals surface area contributed by atoms with E-state index in [0.29, 0.717) is 21.1 Å². The third kappa shape index (κ3) is 12.9. The number of allylic oxidation sites excluding steroid dienone is 1. The zero-order chi connectivity index (χ0) is 57.3. The molecule has 11 aromatic rings. The maximum atomic E-state index is 13.8. The predicted octanol–water partition coefficient (Wildman–Crippen LogP) is 13.9. The Kier molecular flexibility index (Phi) is 17.0. The summed E-state index contributed by atoms with van der Waals surface area (Å²) < 4.78 is 60.1. The molecule has 0 atom stereocenters. The summed E-state index contributed by atoms with van der Waals surface area (Å²) in [6.07, 6.45) is 6.62. The quantitative estimate of drug-likeness (QED) is 0.101. The first kappa shape index (κ1) is 55.5. The van der Waals surface area contributed by atoms with Crippen LogP contribution in [0, 0.1) is 17.5 Å². The molecule has 1 aliphatic heterocycles. The van der Waals surface area contributed by atoms with Crippen molar-refractivity contribution < 1.29 is 31.9 Å². The highest BCUT2D eigenvalue weighted by Crippen LogP contribution is 2.35. The monoisotopic (exact) mass is 1150 g/mol. The van der Waals surface area contributed by atoms with Crippen molar-refractivity contribution in [2.24, 2.45) is 26.1 Å². The number of aromatic nitrogens is 8. The lowest BCUT2D eigenvalue weighted by Gasteiger charge is -2.09. The highest BCUT2D eigenvalue weighted by Gasteiger charge is 2.21. The van der Waals surface area contributed by atoms with E-state index in [1.54, 1.807) is 44.5 Å². The van der Waals surface area contributed by atoms with E-state index >= 15 is 0 Å². The first-order valence-corrected chi connectivity index (χ1v) is 27.5. The van der Waals surface area contributed by atoms with Gasteiger partial charge in [-0.05, 0) is 67.1 Å². The van der Waals surface area contributed by atoms with E-state index in [1.165, 1.54) is 46.3 Å². The summed E-state index contributed by atoms with van der Waals surface area (Å²) in [5.74, 6) is -4.11. The molecule has 0 spiro atoms. The second-order valence-corrected chi connectivity index (χ2v) is 21.3. The van der Waals surface area contributed by atoms with Gasteiger partial charge in [0, 0.05) is 56.7 Å². The van der Waals surface area contributed by atoms with Gasteiger partial charge in [-0.25, -0.2) is 22.6 Å². The molecule has 3 amide bonds. The van der Waals surface area contributed by atoms with E-state index in [1.807, 2.05) is 142 Å². The molecule has 0 fully saturated rings. The average molecular weight is 1160 g/mol. The fourth-order valence-corrected chi connectivity index (χ4v) is 11.2. The van der Waals surface area contributed by atoms with Gasteiger partial charge in [0.15, 0.2) is 23.3 Å². The lowest BCUT2D eigenvalue weighted by molar-refractivity contribution is 0.0966. The van der Waals surface area contributed by atoms with E-state index in [0.717, 1.165) is 84.1 Å². The lowest BCUT2D eigenvalue weighted by Crippen LogP contribution is -2.22. The minimum Gasteiger partial charge on any atom is -0.319 e. The Hall–Kier alpha value is -9.77. The summed E-state index contributed by atoms with van der Waals surface area (Å²) >= 11 is 3.88. The topological polar surface area (TPSA) is 179 Å². The number of nitrogens with zero attached hydrogens (tertiary/aromatic N) is 9.